The monoisotopic (exact) mass is 428 g/mol. The van der Waals surface area contributed by atoms with Crippen LogP contribution in [0.1, 0.15) is 24.2 Å². The molecule has 0 aliphatic carbocycles. The summed E-state index contributed by atoms with van der Waals surface area (Å²) in [5.74, 6) is 0.283. The maximum atomic E-state index is 13.1. The summed E-state index contributed by atoms with van der Waals surface area (Å²) in [4.78, 5) is 38.2. The molecule has 0 radical (unpaired) electrons. The predicted octanol–water partition coefficient (Wildman–Crippen LogP) is 2.34. The molecule has 2 aromatic heterocycles. The molecule has 0 bridgehead atoms. The third kappa shape index (κ3) is 5.19. The van der Waals surface area contributed by atoms with Gasteiger partial charge < -0.3 is 10.2 Å². The Morgan fingerprint density at radius 2 is 2.07 bits per heavy atom. The summed E-state index contributed by atoms with van der Waals surface area (Å²) in [5.41, 5.74) is 1.29. The van der Waals surface area contributed by atoms with E-state index in [1.54, 1.807) is 24.4 Å². The van der Waals surface area contributed by atoms with Crippen LogP contribution in [0.2, 0.25) is 0 Å². The summed E-state index contributed by atoms with van der Waals surface area (Å²) >= 11 is 0.872. The Morgan fingerprint density at radius 3 is 2.80 bits per heavy atom. The number of nitrogens with one attached hydrogen (secondary N) is 2. The molecule has 2 aliphatic rings. The molecule has 0 aromatic carbocycles. The highest BCUT2D eigenvalue weighted by atomic mass is 32.2. The second-order valence-electron chi connectivity index (χ2n) is 7.15. The molecule has 4 rings (SSSR count). The van der Waals surface area contributed by atoms with Crippen molar-refractivity contribution < 1.29 is 14.0 Å². The molecule has 10 heteroatoms. The van der Waals surface area contributed by atoms with Crippen LogP contribution in [0.15, 0.2) is 35.4 Å². The number of piperidine rings is 1. The summed E-state index contributed by atoms with van der Waals surface area (Å²) in [7, 11) is 0. The third-order valence-electron chi connectivity index (χ3n) is 4.99. The lowest BCUT2D eigenvalue weighted by Gasteiger charge is -2.32. The van der Waals surface area contributed by atoms with Crippen LogP contribution in [0.25, 0.3) is 6.08 Å². The Morgan fingerprint density at radius 1 is 1.23 bits per heavy atom. The summed E-state index contributed by atoms with van der Waals surface area (Å²) < 4.78 is 13.1. The van der Waals surface area contributed by atoms with E-state index in [9.17, 15) is 14.0 Å². The van der Waals surface area contributed by atoms with Gasteiger partial charge in [-0.05, 0) is 61.3 Å². The molecule has 30 heavy (non-hydrogen) atoms. The molecule has 0 saturated carbocycles. The molecule has 8 nitrogen and oxygen atoms in total. The van der Waals surface area contributed by atoms with Crippen LogP contribution in [-0.4, -0.2) is 45.7 Å². The van der Waals surface area contributed by atoms with Crippen molar-refractivity contribution in [1.82, 2.24) is 25.6 Å². The summed E-state index contributed by atoms with van der Waals surface area (Å²) in [6.07, 6.45) is 5.25. The lowest BCUT2D eigenvalue weighted by molar-refractivity contribution is -0.115. The predicted molar refractivity (Wildman–Crippen MR) is 112 cm³/mol. The zero-order valence-electron chi connectivity index (χ0n) is 16.2. The van der Waals surface area contributed by atoms with Crippen molar-refractivity contribution >= 4 is 34.9 Å². The number of imide groups is 1. The number of anilines is 1. The van der Waals surface area contributed by atoms with Crippen molar-refractivity contribution in [2.24, 2.45) is 5.92 Å². The fraction of sp³-hybridized carbons (Fsp3) is 0.350. The quantitative estimate of drug-likeness (QED) is 0.534. The Balaban J connectivity index is 1.28. The van der Waals surface area contributed by atoms with E-state index in [-0.39, 0.29) is 5.24 Å². The van der Waals surface area contributed by atoms with Crippen molar-refractivity contribution in [3.63, 3.8) is 0 Å². The van der Waals surface area contributed by atoms with E-state index >= 15 is 0 Å². The van der Waals surface area contributed by atoms with E-state index in [2.05, 4.69) is 30.5 Å². The number of aromatic nitrogens is 3. The normalized spacial score (nSPS) is 18.8. The number of hydrogen-bond acceptors (Lipinski definition) is 8. The van der Waals surface area contributed by atoms with Gasteiger partial charge in [-0.2, -0.15) is 4.39 Å². The average Bonchev–Trinajstić information content (AvgIpc) is 3.05. The first kappa shape index (κ1) is 20.4. The lowest BCUT2D eigenvalue weighted by atomic mass is 9.97. The zero-order valence-corrected chi connectivity index (χ0v) is 17.0. The maximum absolute atomic E-state index is 13.1. The molecule has 2 saturated heterocycles. The largest absolute Gasteiger partial charge is 0.341 e. The van der Waals surface area contributed by atoms with Crippen molar-refractivity contribution in [2.45, 2.75) is 19.4 Å². The number of rotatable bonds is 6. The van der Waals surface area contributed by atoms with Gasteiger partial charge in [0.15, 0.2) is 0 Å². The minimum atomic E-state index is -0.459. The molecule has 156 valence electrons. The van der Waals surface area contributed by atoms with Gasteiger partial charge in [-0.15, -0.1) is 0 Å². The van der Waals surface area contributed by atoms with E-state index in [1.807, 2.05) is 6.07 Å². The standard InChI is InChI=1S/C20H21FN6O2S/c21-17-3-1-2-15(24-17)12-22-11-13-5-8-27(9-6-13)19-23-7-4-14(25-19)10-16-18(28)26-20(29)30-16/h1-4,7,10,13,22H,5-6,8-9,11-12H2,(H,26,28,29). The van der Waals surface area contributed by atoms with Crippen LogP contribution in [0.3, 0.4) is 0 Å². The van der Waals surface area contributed by atoms with Crippen LogP contribution >= 0.6 is 11.8 Å². The Kier molecular flexibility index (Phi) is 6.34. The van der Waals surface area contributed by atoms with Gasteiger partial charge in [-0.1, -0.05) is 6.07 Å². The lowest BCUT2D eigenvalue weighted by Crippen LogP contribution is -2.38. The van der Waals surface area contributed by atoms with Crippen LogP contribution < -0.4 is 15.5 Å². The summed E-state index contributed by atoms with van der Waals surface area (Å²) in [5, 5.41) is 5.22. The fourth-order valence-corrected chi connectivity index (χ4v) is 4.11. The van der Waals surface area contributed by atoms with Crippen molar-refractivity contribution in [2.75, 3.05) is 24.5 Å². The zero-order chi connectivity index (χ0) is 20.9. The number of thioether (sulfide) groups is 1. The maximum Gasteiger partial charge on any atom is 0.290 e. The number of halogens is 1. The van der Waals surface area contributed by atoms with Crippen LogP contribution in [0.4, 0.5) is 15.1 Å². The number of amides is 2. The van der Waals surface area contributed by atoms with Gasteiger partial charge in [-0.3, -0.25) is 14.9 Å². The minimum Gasteiger partial charge on any atom is -0.341 e. The molecular weight excluding hydrogens is 407 g/mol. The smallest absolute Gasteiger partial charge is 0.290 e. The highest BCUT2D eigenvalue weighted by Crippen LogP contribution is 2.26. The van der Waals surface area contributed by atoms with Gasteiger partial charge in [0, 0.05) is 25.8 Å². The Labute approximate surface area is 177 Å². The molecule has 2 amide bonds. The van der Waals surface area contributed by atoms with Crippen LogP contribution in [-0.2, 0) is 11.3 Å². The molecule has 0 spiro atoms. The van der Waals surface area contributed by atoms with Gasteiger partial charge in [0.2, 0.25) is 11.9 Å². The van der Waals surface area contributed by atoms with E-state index in [0.29, 0.717) is 34.7 Å². The fourth-order valence-electron chi connectivity index (χ4n) is 3.44. The number of hydrogen-bond donors (Lipinski definition) is 2. The summed E-state index contributed by atoms with van der Waals surface area (Å²) in [6.45, 7) is 3.06. The first-order valence-electron chi connectivity index (χ1n) is 9.72. The number of nitrogens with zero attached hydrogens (tertiary/aromatic N) is 4. The van der Waals surface area contributed by atoms with Crippen molar-refractivity contribution in [1.29, 1.82) is 0 Å². The third-order valence-corrected chi connectivity index (χ3v) is 5.81. The van der Waals surface area contributed by atoms with E-state index < -0.39 is 11.9 Å². The van der Waals surface area contributed by atoms with Crippen LogP contribution in [0.5, 0.6) is 0 Å². The second kappa shape index (κ2) is 9.31. The van der Waals surface area contributed by atoms with Gasteiger partial charge in [0.05, 0.1) is 16.3 Å². The highest BCUT2D eigenvalue weighted by Gasteiger charge is 2.25. The number of carbonyl (C=O) groups is 2. The molecule has 2 fully saturated rings. The topological polar surface area (TPSA) is 100 Å². The van der Waals surface area contributed by atoms with Gasteiger partial charge >= 0.3 is 0 Å². The Bertz CT molecular complexity index is 977. The first-order valence-corrected chi connectivity index (χ1v) is 10.5. The molecule has 2 aromatic rings. The molecule has 2 aliphatic heterocycles. The van der Waals surface area contributed by atoms with Crippen molar-refractivity contribution in [3.05, 3.63) is 52.7 Å². The Hall–Kier alpha value is -2.85. The molecule has 0 unspecified atom stereocenters. The summed E-state index contributed by atoms with van der Waals surface area (Å²) in [6, 6.07) is 6.53. The van der Waals surface area contributed by atoms with E-state index in [0.717, 1.165) is 44.2 Å². The SMILES string of the molecule is O=C1NC(=O)C(=Cc2ccnc(N3CCC(CNCc4cccc(F)n4)CC3)n2)S1. The molecule has 2 N–H and O–H groups in total. The van der Waals surface area contributed by atoms with Crippen LogP contribution in [0, 0.1) is 11.9 Å². The average molecular weight is 428 g/mol. The first-order chi connectivity index (χ1) is 14.6. The van der Waals surface area contributed by atoms with Crippen molar-refractivity contribution in [3.8, 4) is 0 Å². The van der Waals surface area contributed by atoms with E-state index in [1.165, 1.54) is 6.07 Å². The number of pyridine rings is 1. The van der Waals surface area contributed by atoms with Gasteiger partial charge in [0.1, 0.15) is 0 Å². The highest BCUT2D eigenvalue weighted by molar-refractivity contribution is 8.18. The molecule has 0 atom stereocenters. The van der Waals surface area contributed by atoms with Gasteiger partial charge in [-0.25, -0.2) is 15.0 Å². The number of carbonyl (C=O) groups excluding carboxylic acids is 2. The minimum absolute atomic E-state index is 0.335. The molecule has 4 heterocycles. The molecular formula is C20H21FN6O2S. The van der Waals surface area contributed by atoms with Gasteiger partial charge in [0.25, 0.3) is 11.1 Å². The van der Waals surface area contributed by atoms with E-state index in [4.69, 9.17) is 0 Å². The second-order valence-corrected chi connectivity index (χ2v) is 8.16.